The minimum atomic E-state index is -0.308. The van der Waals surface area contributed by atoms with E-state index in [1.165, 1.54) is 0 Å². The molecule has 1 aliphatic rings. The molecule has 2 N–H and O–H groups in total. The van der Waals surface area contributed by atoms with Gasteiger partial charge >= 0.3 is 0 Å². The number of pyridine rings is 1. The molecule has 1 aliphatic heterocycles. The molecular weight excluding hydrogens is 292 g/mol. The van der Waals surface area contributed by atoms with Crippen LogP contribution in [0.3, 0.4) is 0 Å². The molecule has 0 saturated carbocycles. The third-order valence-corrected chi connectivity index (χ3v) is 4.22. The first-order valence-corrected chi connectivity index (χ1v) is 8.39. The van der Waals surface area contributed by atoms with Gasteiger partial charge in [0.2, 0.25) is 5.91 Å². The number of β-amino-alcohol motifs (C(OH)–C–C–N with tert-alkyl or cyclic N) is 1. The number of nitrogens with one attached hydrogen (secondary N) is 1. The van der Waals surface area contributed by atoms with Gasteiger partial charge in [-0.3, -0.25) is 19.6 Å². The van der Waals surface area contributed by atoms with Crippen molar-refractivity contribution in [1.29, 1.82) is 0 Å². The Kier molecular flexibility index (Phi) is 6.95. The number of carbonyl (C=O) groups excluding carboxylic acids is 1. The minimum absolute atomic E-state index is 0.0366. The zero-order valence-corrected chi connectivity index (χ0v) is 14.1. The summed E-state index contributed by atoms with van der Waals surface area (Å²) in [5, 5.41) is 12.5. The lowest BCUT2D eigenvalue weighted by Gasteiger charge is -2.41. The maximum atomic E-state index is 12.1. The Balaban J connectivity index is 1.76. The molecule has 2 heterocycles. The Morgan fingerprint density at radius 3 is 2.96 bits per heavy atom. The molecule has 0 aliphatic carbocycles. The Morgan fingerprint density at radius 2 is 2.30 bits per heavy atom. The van der Waals surface area contributed by atoms with Gasteiger partial charge in [-0.1, -0.05) is 13.0 Å². The maximum Gasteiger partial charge on any atom is 0.234 e. The molecule has 0 unspecified atom stereocenters. The maximum absolute atomic E-state index is 12.1. The lowest BCUT2D eigenvalue weighted by Crippen LogP contribution is -2.55. The molecule has 1 fully saturated rings. The highest BCUT2D eigenvalue weighted by Gasteiger charge is 2.27. The van der Waals surface area contributed by atoms with Gasteiger partial charge in [-0.15, -0.1) is 0 Å². The van der Waals surface area contributed by atoms with Crippen LogP contribution in [-0.2, 0) is 11.3 Å². The fraction of sp³-hybridized carbons (Fsp3) is 0.647. The van der Waals surface area contributed by atoms with Crippen LogP contribution in [0.1, 0.15) is 26.0 Å². The molecule has 1 aromatic rings. The van der Waals surface area contributed by atoms with Gasteiger partial charge in [-0.25, -0.2) is 0 Å². The van der Waals surface area contributed by atoms with E-state index in [1.54, 1.807) is 6.20 Å². The first kappa shape index (κ1) is 17.8. The fourth-order valence-corrected chi connectivity index (χ4v) is 3.02. The standard InChI is InChI=1S/C17H28N4O2/c1-3-16-12-20(8-9-21(16)11-14(2)22)13-17(23)19-10-15-6-4-5-7-18-15/h4-7,14,16,22H,3,8-13H2,1-2H3,(H,19,23)/t14-,16-/m0/s1. The zero-order valence-electron chi connectivity index (χ0n) is 14.1. The molecular formula is C17H28N4O2. The molecule has 0 bridgehead atoms. The van der Waals surface area contributed by atoms with Gasteiger partial charge in [-0.2, -0.15) is 0 Å². The van der Waals surface area contributed by atoms with Crippen LogP contribution in [0.4, 0.5) is 0 Å². The first-order valence-electron chi connectivity index (χ1n) is 8.39. The predicted molar refractivity (Wildman–Crippen MR) is 89.9 cm³/mol. The summed E-state index contributed by atoms with van der Waals surface area (Å²) in [6.45, 7) is 8.22. The normalized spacial score (nSPS) is 21.1. The molecule has 0 aromatic carbocycles. The van der Waals surface area contributed by atoms with Crippen molar-refractivity contribution in [3.63, 3.8) is 0 Å². The summed E-state index contributed by atoms with van der Waals surface area (Å²) < 4.78 is 0. The van der Waals surface area contributed by atoms with Crippen LogP contribution >= 0.6 is 0 Å². The highest BCUT2D eigenvalue weighted by atomic mass is 16.3. The van der Waals surface area contributed by atoms with E-state index in [-0.39, 0.29) is 12.0 Å². The number of nitrogens with zero attached hydrogens (tertiary/aromatic N) is 3. The third-order valence-electron chi connectivity index (χ3n) is 4.22. The van der Waals surface area contributed by atoms with Gasteiger partial charge in [-0.05, 0) is 25.5 Å². The van der Waals surface area contributed by atoms with Crippen molar-refractivity contribution in [2.45, 2.75) is 39.0 Å². The summed E-state index contributed by atoms with van der Waals surface area (Å²) in [6.07, 6.45) is 2.45. The molecule has 1 saturated heterocycles. The number of carbonyl (C=O) groups is 1. The summed E-state index contributed by atoms with van der Waals surface area (Å²) >= 11 is 0. The molecule has 2 rings (SSSR count). The Morgan fingerprint density at radius 1 is 1.48 bits per heavy atom. The van der Waals surface area contributed by atoms with Crippen molar-refractivity contribution in [1.82, 2.24) is 20.1 Å². The van der Waals surface area contributed by atoms with Crippen LogP contribution in [-0.4, -0.2) is 70.7 Å². The van der Waals surface area contributed by atoms with Crippen LogP contribution in [0.2, 0.25) is 0 Å². The van der Waals surface area contributed by atoms with E-state index >= 15 is 0 Å². The average molecular weight is 320 g/mol. The van der Waals surface area contributed by atoms with Crippen molar-refractivity contribution >= 4 is 5.91 Å². The summed E-state index contributed by atoms with van der Waals surface area (Å²) in [7, 11) is 0. The number of hydrogen-bond donors (Lipinski definition) is 2. The molecule has 0 spiro atoms. The van der Waals surface area contributed by atoms with Crippen molar-refractivity contribution in [2.24, 2.45) is 0 Å². The lowest BCUT2D eigenvalue weighted by molar-refractivity contribution is -0.123. The van der Waals surface area contributed by atoms with Crippen LogP contribution < -0.4 is 5.32 Å². The van der Waals surface area contributed by atoms with Gasteiger partial charge in [0, 0.05) is 38.4 Å². The van der Waals surface area contributed by atoms with E-state index in [0.717, 1.165) is 31.7 Å². The minimum Gasteiger partial charge on any atom is -0.392 e. The van der Waals surface area contributed by atoms with Gasteiger partial charge in [0.1, 0.15) is 0 Å². The monoisotopic (exact) mass is 320 g/mol. The number of hydrogen-bond acceptors (Lipinski definition) is 5. The fourth-order valence-electron chi connectivity index (χ4n) is 3.02. The molecule has 128 valence electrons. The summed E-state index contributed by atoms with van der Waals surface area (Å²) in [4.78, 5) is 20.8. The molecule has 2 atom stereocenters. The van der Waals surface area contributed by atoms with Crippen molar-refractivity contribution in [2.75, 3.05) is 32.7 Å². The second kappa shape index (κ2) is 8.96. The van der Waals surface area contributed by atoms with E-state index in [0.29, 0.717) is 25.7 Å². The van der Waals surface area contributed by atoms with Crippen molar-refractivity contribution in [3.05, 3.63) is 30.1 Å². The Labute approximate surface area is 138 Å². The van der Waals surface area contributed by atoms with Crippen LogP contribution in [0.15, 0.2) is 24.4 Å². The summed E-state index contributed by atoms with van der Waals surface area (Å²) in [5.74, 6) is 0.0366. The second-order valence-corrected chi connectivity index (χ2v) is 6.24. The average Bonchev–Trinajstić information content (AvgIpc) is 2.55. The number of rotatable bonds is 7. The third kappa shape index (κ3) is 5.89. The number of aromatic nitrogens is 1. The van der Waals surface area contributed by atoms with Crippen LogP contribution in [0.25, 0.3) is 0 Å². The van der Waals surface area contributed by atoms with E-state index in [9.17, 15) is 9.90 Å². The zero-order chi connectivity index (χ0) is 16.7. The molecule has 6 heteroatoms. The van der Waals surface area contributed by atoms with Crippen LogP contribution in [0.5, 0.6) is 0 Å². The number of aliphatic hydroxyl groups excluding tert-OH is 1. The quantitative estimate of drug-likeness (QED) is 0.765. The first-order chi connectivity index (χ1) is 11.1. The second-order valence-electron chi connectivity index (χ2n) is 6.24. The summed E-state index contributed by atoms with van der Waals surface area (Å²) in [6, 6.07) is 6.09. The topological polar surface area (TPSA) is 68.7 Å². The largest absolute Gasteiger partial charge is 0.392 e. The van der Waals surface area contributed by atoms with Gasteiger partial charge in [0.25, 0.3) is 0 Å². The number of piperazine rings is 1. The molecule has 6 nitrogen and oxygen atoms in total. The molecule has 1 aromatic heterocycles. The highest BCUT2D eigenvalue weighted by Crippen LogP contribution is 2.13. The molecule has 1 amide bonds. The SMILES string of the molecule is CC[C@H]1CN(CC(=O)NCc2ccccn2)CCN1C[C@H](C)O. The van der Waals surface area contributed by atoms with Gasteiger partial charge in [0.15, 0.2) is 0 Å². The van der Waals surface area contributed by atoms with Crippen molar-refractivity contribution in [3.8, 4) is 0 Å². The molecule has 23 heavy (non-hydrogen) atoms. The summed E-state index contributed by atoms with van der Waals surface area (Å²) in [5.41, 5.74) is 0.869. The van der Waals surface area contributed by atoms with Gasteiger partial charge < -0.3 is 10.4 Å². The number of amides is 1. The van der Waals surface area contributed by atoms with E-state index < -0.39 is 0 Å². The molecule has 0 radical (unpaired) electrons. The van der Waals surface area contributed by atoms with E-state index in [1.807, 2.05) is 25.1 Å². The predicted octanol–water partition coefficient (Wildman–Crippen LogP) is 0.475. The van der Waals surface area contributed by atoms with Gasteiger partial charge in [0.05, 0.1) is 24.9 Å². The van der Waals surface area contributed by atoms with E-state index in [2.05, 4.69) is 27.0 Å². The Bertz CT molecular complexity index is 481. The smallest absolute Gasteiger partial charge is 0.234 e. The Hall–Kier alpha value is -1.50. The highest BCUT2D eigenvalue weighted by molar-refractivity contribution is 5.77. The van der Waals surface area contributed by atoms with Crippen LogP contribution in [0, 0.1) is 0 Å². The lowest BCUT2D eigenvalue weighted by atomic mass is 10.1. The van der Waals surface area contributed by atoms with Crippen molar-refractivity contribution < 1.29 is 9.90 Å². The van der Waals surface area contributed by atoms with E-state index in [4.69, 9.17) is 0 Å². The number of aliphatic hydroxyl groups is 1.